The van der Waals surface area contributed by atoms with Crippen LogP contribution < -0.4 is 0 Å². The average Bonchev–Trinajstić information content (AvgIpc) is 2.66. The average molecular weight is 286 g/mol. The van der Waals surface area contributed by atoms with Crippen molar-refractivity contribution in [2.75, 3.05) is 0 Å². The maximum atomic E-state index is 10.0. The molecule has 0 heterocycles. The Morgan fingerprint density at radius 1 is 1.10 bits per heavy atom. The lowest BCUT2D eigenvalue weighted by atomic mass is 9.61. The van der Waals surface area contributed by atoms with Gasteiger partial charge >= 0.3 is 0 Å². The molecule has 0 amide bonds. The fraction of sp³-hybridized carbons (Fsp3) is 0.800. The van der Waals surface area contributed by atoms with E-state index in [1.54, 1.807) is 11.1 Å². The van der Waals surface area contributed by atoms with Crippen molar-refractivity contribution in [2.45, 2.75) is 71.3 Å². The Kier molecular flexibility index (Phi) is 3.33. The molecule has 2 saturated carbocycles. The highest BCUT2D eigenvalue weighted by atomic mass is 16.3. The number of fused-ring (bicyclic) bond motifs is 4. The van der Waals surface area contributed by atoms with Gasteiger partial charge in [0, 0.05) is 0 Å². The van der Waals surface area contributed by atoms with Crippen molar-refractivity contribution in [3.05, 3.63) is 23.3 Å². The van der Waals surface area contributed by atoms with Crippen molar-refractivity contribution in [3.8, 4) is 0 Å². The fourth-order valence-electron chi connectivity index (χ4n) is 5.94. The van der Waals surface area contributed by atoms with Crippen LogP contribution in [0.2, 0.25) is 0 Å². The van der Waals surface area contributed by atoms with Crippen LogP contribution in [-0.2, 0) is 0 Å². The molecule has 0 spiro atoms. The number of allylic oxidation sites excluding steroid dienone is 3. The summed E-state index contributed by atoms with van der Waals surface area (Å²) in [6, 6.07) is 0. The Hall–Kier alpha value is -0.560. The van der Waals surface area contributed by atoms with Crippen molar-refractivity contribution >= 4 is 0 Å². The molecule has 21 heavy (non-hydrogen) atoms. The molecule has 6 atom stereocenters. The van der Waals surface area contributed by atoms with Gasteiger partial charge in [-0.25, -0.2) is 0 Å². The highest BCUT2D eigenvalue weighted by Crippen LogP contribution is 2.59. The zero-order chi connectivity index (χ0) is 14.6. The number of hydrogen-bond acceptors (Lipinski definition) is 1. The first kappa shape index (κ1) is 14.1. The molecule has 0 aromatic carbocycles. The third-order valence-corrected chi connectivity index (χ3v) is 7.60. The fourth-order valence-corrected chi connectivity index (χ4v) is 5.94. The van der Waals surface area contributed by atoms with Crippen LogP contribution in [0, 0.1) is 29.1 Å². The third kappa shape index (κ3) is 2.15. The minimum absolute atomic E-state index is 0.0787. The van der Waals surface area contributed by atoms with Crippen LogP contribution in [0.25, 0.3) is 0 Å². The minimum Gasteiger partial charge on any atom is -0.393 e. The lowest BCUT2D eigenvalue weighted by Crippen LogP contribution is -2.35. The largest absolute Gasteiger partial charge is 0.393 e. The molecule has 0 aromatic rings. The van der Waals surface area contributed by atoms with Crippen LogP contribution in [0.4, 0.5) is 0 Å². The normalized spacial score (nSPS) is 49.4. The Bertz CT molecular complexity index is 488. The Labute approximate surface area is 129 Å². The van der Waals surface area contributed by atoms with Gasteiger partial charge in [-0.15, -0.1) is 0 Å². The molecular weight excluding hydrogens is 256 g/mol. The van der Waals surface area contributed by atoms with E-state index in [1.165, 1.54) is 38.5 Å². The van der Waals surface area contributed by atoms with Gasteiger partial charge in [-0.05, 0) is 86.0 Å². The summed E-state index contributed by atoms with van der Waals surface area (Å²) in [7, 11) is 0. The van der Waals surface area contributed by atoms with E-state index < -0.39 is 0 Å². The topological polar surface area (TPSA) is 20.2 Å². The summed E-state index contributed by atoms with van der Waals surface area (Å²) < 4.78 is 0. The molecule has 6 unspecified atom stereocenters. The Morgan fingerprint density at radius 3 is 2.76 bits per heavy atom. The number of aliphatic hydroxyl groups excluding tert-OH is 1. The molecule has 0 saturated heterocycles. The van der Waals surface area contributed by atoms with Gasteiger partial charge in [0.05, 0.1) is 6.10 Å². The van der Waals surface area contributed by atoms with E-state index in [0.717, 1.165) is 36.5 Å². The van der Waals surface area contributed by atoms with Crippen molar-refractivity contribution in [1.82, 2.24) is 0 Å². The van der Waals surface area contributed by atoms with E-state index in [9.17, 15) is 5.11 Å². The predicted octanol–water partition coefficient (Wildman–Crippen LogP) is 4.87. The molecule has 4 aliphatic carbocycles. The monoisotopic (exact) mass is 286 g/mol. The molecule has 2 fully saturated rings. The Morgan fingerprint density at radius 2 is 1.90 bits per heavy atom. The van der Waals surface area contributed by atoms with Crippen LogP contribution >= 0.6 is 0 Å². The number of rotatable bonds is 0. The maximum Gasteiger partial charge on any atom is 0.0577 e. The van der Waals surface area contributed by atoms with Crippen LogP contribution in [0.1, 0.15) is 65.2 Å². The van der Waals surface area contributed by atoms with E-state index in [4.69, 9.17) is 0 Å². The Balaban J connectivity index is 1.66. The molecule has 0 bridgehead atoms. The second kappa shape index (κ2) is 4.98. The van der Waals surface area contributed by atoms with Gasteiger partial charge < -0.3 is 5.11 Å². The second-order valence-electron chi connectivity index (χ2n) is 8.53. The van der Waals surface area contributed by atoms with E-state index in [2.05, 4.69) is 26.0 Å². The van der Waals surface area contributed by atoms with Gasteiger partial charge in [-0.3, -0.25) is 0 Å². The second-order valence-corrected chi connectivity index (χ2v) is 8.53. The van der Waals surface area contributed by atoms with Crippen molar-refractivity contribution in [1.29, 1.82) is 0 Å². The first-order valence-corrected chi connectivity index (χ1v) is 9.16. The summed E-state index contributed by atoms with van der Waals surface area (Å²) in [5.74, 6) is 3.38. The molecule has 4 rings (SSSR count). The predicted molar refractivity (Wildman–Crippen MR) is 86.8 cm³/mol. The van der Waals surface area contributed by atoms with E-state index in [-0.39, 0.29) is 6.10 Å². The lowest BCUT2D eigenvalue weighted by Gasteiger charge is -2.43. The smallest absolute Gasteiger partial charge is 0.0577 e. The molecule has 0 aliphatic heterocycles. The van der Waals surface area contributed by atoms with Crippen LogP contribution in [0.15, 0.2) is 23.3 Å². The highest BCUT2D eigenvalue weighted by molar-refractivity contribution is 5.34. The van der Waals surface area contributed by atoms with E-state index in [1.807, 2.05) is 0 Å². The van der Waals surface area contributed by atoms with Crippen LogP contribution in [0.3, 0.4) is 0 Å². The SMILES string of the molecule is CC1CCC2C3CCC4CCC(O)CC4=CC3=CCC12C. The summed E-state index contributed by atoms with van der Waals surface area (Å²) >= 11 is 0. The molecular formula is C20H30O. The molecule has 4 aliphatic rings. The number of aliphatic hydroxyl groups is 1. The lowest BCUT2D eigenvalue weighted by molar-refractivity contribution is 0.112. The third-order valence-electron chi connectivity index (χ3n) is 7.60. The van der Waals surface area contributed by atoms with Crippen LogP contribution in [-0.4, -0.2) is 11.2 Å². The number of hydrogen-bond donors (Lipinski definition) is 1. The zero-order valence-electron chi connectivity index (χ0n) is 13.6. The summed E-state index contributed by atoms with van der Waals surface area (Å²) in [5, 5.41) is 10.0. The minimum atomic E-state index is -0.0787. The molecule has 1 heteroatoms. The first-order valence-electron chi connectivity index (χ1n) is 9.16. The first-order chi connectivity index (χ1) is 10.1. The van der Waals surface area contributed by atoms with Gasteiger partial charge in [0.1, 0.15) is 0 Å². The quantitative estimate of drug-likeness (QED) is 0.674. The summed E-state index contributed by atoms with van der Waals surface area (Å²) in [6.07, 6.45) is 15.1. The van der Waals surface area contributed by atoms with Gasteiger partial charge in [-0.2, -0.15) is 0 Å². The van der Waals surface area contributed by atoms with E-state index >= 15 is 0 Å². The van der Waals surface area contributed by atoms with Gasteiger partial charge in [-0.1, -0.05) is 31.6 Å². The summed E-state index contributed by atoms with van der Waals surface area (Å²) in [6.45, 7) is 5.03. The van der Waals surface area contributed by atoms with Crippen LogP contribution in [0.5, 0.6) is 0 Å². The zero-order valence-corrected chi connectivity index (χ0v) is 13.6. The maximum absolute atomic E-state index is 10.0. The standard InChI is InChI=1S/C20H30O/c1-13-3-8-19-18-7-5-14-4-6-17(21)12-16(14)11-15(18)9-10-20(13,19)2/h9,11,13-14,17-19,21H,3-8,10,12H2,1-2H3. The van der Waals surface area contributed by atoms with Crippen molar-refractivity contribution in [3.63, 3.8) is 0 Å². The molecule has 1 nitrogen and oxygen atoms in total. The summed E-state index contributed by atoms with van der Waals surface area (Å²) in [4.78, 5) is 0. The van der Waals surface area contributed by atoms with E-state index in [0.29, 0.717) is 5.41 Å². The molecule has 116 valence electrons. The molecule has 0 aromatic heterocycles. The molecule has 0 radical (unpaired) electrons. The van der Waals surface area contributed by atoms with Gasteiger partial charge in [0.15, 0.2) is 0 Å². The van der Waals surface area contributed by atoms with Crippen molar-refractivity contribution in [2.24, 2.45) is 29.1 Å². The van der Waals surface area contributed by atoms with Gasteiger partial charge in [0.25, 0.3) is 0 Å². The summed E-state index contributed by atoms with van der Waals surface area (Å²) in [5.41, 5.74) is 3.76. The molecule has 1 N–H and O–H groups in total. The highest BCUT2D eigenvalue weighted by Gasteiger charge is 2.49. The van der Waals surface area contributed by atoms with Gasteiger partial charge in [0.2, 0.25) is 0 Å². The van der Waals surface area contributed by atoms with Crippen molar-refractivity contribution < 1.29 is 5.11 Å².